The standard InChI is InChI=1S/C21H21ClN4OS2/c1-25-20(23-24-21(25)28)14-9-11-26(12-10-14)19(27)8-6-17-5-7-18(29-17)15-3-2-4-16(22)13-15/h2-8,13-14H,9-12H2,1H3,(H,24,28)/b8-6+. The quantitative estimate of drug-likeness (QED) is 0.440. The molecule has 4 rings (SSSR count). The first kappa shape index (κ1) is 20.1. The zero-order valence-corrected chi connectivity index (χ0v) is 18.4. The normalized spacial score (nSPS) is 15.3. The van der Waals surface area contributed by atoms with E-state index < -0.39 is 0 Å². The third-order valence-electron chi connectivity index (χ3n) is 5.21. The third-order valence-corrected chi connectivity index (χ3v) is 6.91. The van der Waals surface area contributed by atoms with E-state index in [4.69, 9.17) is 23.8 Å². The highest BCUT2D eigenvalue weighted by Crippen LogP contribution is 2.31. The predicted molar refractivity (Wildman–Crippen MR) is 121 cm³/mol. The van der Waals surface area contributed by atoms with Gasteiger partial charge in [0, 0.05) is 46.9 Å². The topological polar surface area (TPSA) is 53.9 Å². The molecule has 3 aromatic rings. The fraction of sp³-hybridized carbons (Fsp3) is 0.286. The molecule has 0 atom stereocenters. The van der Waals surface area contributed by atoms with Gasteiger partial charge in [-0.25, -0.2) is 0 Å². The molecule has 0 unspecified atom stereocenters. The molecule has 29 heavy (non-hydrogen) atoms. The largest absolute Gasteiger partial charge is 0.339 e. The number of rotatable bonds is 4. The maximum atomic E-state index is 12.6. The van der Waals surface area contributed by atoms with Gasteiger partial charge in [-0.3, -0.25) is 9.89 Å². The average molecular weight is 445 g/mol. The van der Waals surface area contributed by atoms with Crippen LogP contribution in [0.4, 0.5) is 0 Å². The Labute approximate surface area is 183 Å². The average Bonchev–Trinajstić information content (AvgIpc) is 3.34. The molecule has 3 heterocycles. The molecule has 150 valence electrons. The van der Waals surface area contributed by atoms with Crippen LogP contribution >= 0.6 is 35.2 Å². The number of nitrogens with zero attached hydrogens (tertiary/aromatic N) is 3. The number of halogens is 1. The fourth-order valence-corrected chi connectivity index (χ4v) is 4.82. The summed E-state index contributed by atoms with van der Waals surface area (Å²) in [7, 11) is 1.93. The van der Waals surface area contributed by atoms with E-state index in [2.05, 4.69) is 16.3 Å². The minimum absolute atomic E-state index is 0.0523. The summed E-state index contributed by atoms with van der Waals surface area (Å²) in [5.74, 6) is 1.36. The van der Waals surface area contributed by atoms with E-state index in [0.717, 1.165) is 52.1 Å². The lowest BCUT2D eigenvalue weighted by atomic mass is 9.96. The number of aromatic amines is 1. The Kier molecular flexibility index (Phi) is 5.99. The van der Waals surface area contributed by atoms with E-state index in [1.807, 2.05) is 52.9 Å². The van der Waals surface area contributed by atoms with Crippen molar-refractivity contribution in [2.24, 2.45) is 7.05 Å². The van der Waals surface area contributed by atoms with Gasteiger partial charge < -0.3 is 9.47 Å². The molecule has 5 nitrogen and oxygen atoms in total. The molecular weight excluding hydrogens is 424 g/mol. The molecule has 1 aromatic carbocycles. The van der Waals surface area contributed by atoms with Crippen molar-refractivity contribution in [3.05, 3.63) is 63.0 Å². The Hall–Kier alpha value is -2.22. The molecule has 1 aliphatic rings. The van der Waals surface area contributed by atoms with Crippen molar-refractivity contribution in [3.63, 3.8) is 0 Å². The van der Waals surface area contributed by atoms with Gasteiger partial charge in [-0.15, -0.1) is 11.3 Å². The number of carbonyl (C=O) groups excluding carboxylic acids is 1. The third kappa shape index (κ3) is 4.52. The van der Waals surface area contributed by atoms with Crippen molar-refractivity contribution in [3.8, 4) is 10.4 Å². The predicted octanol–water partition coefficient (Wildman–Crippen LogP) is 5.28. The number of H-pyrrole nitrogens is 1. The molecule has 1 aliphatic heterocycles. The Morgan fingerprint density at radius 2 is 2.10 bits per heavy atom. The summed E-state index contributed by atoms with van der Waals surface area (Å²) in [4.78, 5) is 16.7. The number of thiophene rings is 1. The van der Waals surface area contributed by atoms with Crippen molar-refractivity contribution in [2.75, 3.05) is 13.1 Å². The number of hydrogen-bond acceptors (Lipinski definition) is 4. The van der Waals surface area contributed by atoms with Crippen molar-refractivity contribution < 1.29 is 4.79 Å². The second-order valence-corrected chi connectivity index (χ2v) is 9.03. The van der Waals surface area contributed by atoms with Gasteiger partial charge in [-0.2, -0.15) is 5.10 Å². The van der Waals surface area contributed by atoms with E-state index >= 15 is 0 Å². The Balaban J connectivity index is 1.36. The van der Waals surface area contributed by atoms with Crippen LogP contribution in [0.25, 0.3) is 16.5 Å². The van der Waals surface area contributed by atoms with Gasteiger partial charge in [-0.05, 0) is 61.0 Å². The SMILES string of the molecule is Cn1c(C2CCN(C(=O)/C=C/c3ccc(-c4cccc(Cl)c4)s3)CC2)n[nH]c1=S. The van der Waals surface area contributed by atoms with Crippen LogP contribution in [-0.4, -0.2) is 38.7 Å². The molecule has 0 radical (unpaired) electrons. The van der Waals surface area contributed by atoms with Gasteiger partial charge in [0.2, 0.25) is 5.91 Å². The summed E-state index contributed by atoms with van der Waals surface area (Å²) in [6, 6.07) is 11.9. The van der Waals surface area contributed by atoms with Gasteiger partial charge in [0.1, 0.15) is 5.82 Å². The van der Waals surface area contributed by atoms with Crippen LogP contribution in [0.15, 0.2) is 42.5 Å². The van der Waals surface area contributed by atoms with Crippen LogP contribution < -0.4 is 0 Å². The maximum Gasteiger partial charge on any atom is 0.246 e. The van der Waals surface area contributed by atoms with Gasteiger partial charge in [0.05, 0.1) is 0 Å². The minimum Gasteiger partial charge on any atom is -0.339 e. The zero-order valence-electron chi connectivity index (χ0n) is 16.0. The van der Waals surface area contributed by atoms with Crippen molar-refractivity contribution in [1.29, 1.82) is 0 Å². The number of likely N-dealkylation sites (tertiary alicyclic amines) is 1. The van der Waals surface area contributed by atoms with Crippen LogP contribution in [0.3, 0.4) is 0 Å². The summed E-state index contributed by atoms with van der Waals surface area (Å²) >= 11 is 12.9. The monoisotopic (exact) mass is 444 g/mol. The first-order valence-corrected chi connectivity index (χ1v) is 11.1. The lowest BCUT2D eigenvalue weighted by Gasteiger charge is -2.30. The summed E-state index contributed by atoms with van der Waals surface area (Å²) < 4.78 is 2.56. The summed E-state index contributed by atoms with van der Waals surface area (Å²) in [6.45, 7) is 1.46. The van der Waals surface area contributed by atoms with Gasteiger partial charge in [-0.1, -0.05) is 23.7 Å². The fourth-order valence-electron chi connectivity index (χ4n) is 3.58. The molecule has 1 N–H and O–H groups in total. The summed E-state index contributed by atoms with van der Waals surface area (Å²) in [5.41, 5.74) is 1.09. The first-order valence-electron chi connectivity index (χ1n) is 9.45. The van der Waals surface area contributed by atoms with E-state index in [9.17, 15) is 4.79 Å². The highest BCUT2D eigenvalue weighted by molar-refractivity contribution is 7.71. The smallest absolute Gasteiger partial charge is 0.246 e. The molecule has 0 aliphatic carbocycles. The second kappa shape index (κ2) is 8.65. The molecule has 1 saturated heterocycles. The van der Waals surface area contributed by atoms with Crippen molar-refractivity contribution in [1.82, 2.24) is 19.7 Å². The lowest BCUT2D eigenvalue weighted by Crippen LogP contribution is -2.37. The number of aromatic nitrogens is 3. The Morgan fingerprint density at radius 3 is 2.79 bits per heavy atom. The highest BCUT2D eigenvalue weighted by Gasteiger charge is 2.25. The van der Waals surface area contributed by atoms with Gasteiger partial charge in [0.15, 0.2) is 4.77 Å². The molecule has 2 aromatic heterocycles. The number of benzene rings is 1. The Bertz CT molecular complexity index is 1110. The summed E-state index contributed by atoms with van der Waals surface area (Å²) in [6.07, 6.45) is 5.35. The zero-order chi connectivity index (χ0) is 20.4. The molecule has 8 heteroatoms. The molecule has 0 spiro atoms. The van der Waals surface area contributed by atoms with Crippen LogP contribution in [0.5, 0.6) is 0 Å². The van der Waals surface area contributed by atoms with Crippen molar-refractivity contribution in [2.45, 2.75) is 18.8 Å². The molecular formula is C21H21ClN4OS2. The van der Waals surface area contributed by atoms with Crippen LogP contribution in [0, 0.1) is 4.77 Å². The molecule has 0 saturated carbocycles. The molecule has 1 fully saturated rings. The number of amides is 1. The van der Waals surface area contributed by atoms with E-state index in [-0.39, 0.29) is 5.91 Å². The van der Waals surface area contributed by atoms with Crippen LogP contribution in [-0.2, 0) is 11.8 Å². The van der Waals surface area contributed by atoms with E-state index in [0.29, 0.717) is 10.7 Å². The Morgan fingerprint density at radius 1 is 1.31 bits per heavy atom. The van der Waals surface area contributed by atoms with Crippen molar-refractivity contribution >= 4 is 47.1 Å². The van der Waals surface area contributed by atoms with Crippen LogP contribution in [0.2, 0.25) is 5.02 Å². The minimum atomic E-state index is 0.0523. The van der Waals surface area contributed by atoms with E-state index in [1.165, 1.54) is 0 Å². The lowest BCUT2D eigenvalue weighted by molar-refractivity contribution is -0.127. The van der Waals surface area contributed by atoms with Gasteiger partial charge >= 0.3 is 0 Å². The molecule has 0 bridgehead atoms. The number of hydrogen-bond donors (Lipinski definition) is 1. The molecule has 1 amide bonds. The number of carbonyl (C=O) groups is 1. The van der Waals surface area contributed by atoms with Gasteiger partial charge in [0.25, 0.3) is 0 Å². The van der Waals surface area contributed by atoms with Crippen LogP contribution in [0.1, 0.15) is 29.5 Å². The maximum absolute atomic E-state index is 12.6. The van der Waals surface area contributed by atoms with E-state index in [1.54, 1.807) is 17.4 Å². The first-order chi connectivity index (χ1) is 14.0. The highest BCUT2D eigenvalue weighted by atomic mass is 35.5. The second-order valence-electron chi connectivity index (χ2n) is 7.09. The number of piperidine rings is 1. The summed E-state index contributed by atoms with van der Waals surface area (Å²) in [5, 5.41) is 7.90. The number of nitrogens with one attached hydrogen (secondary N) is 1.